The Balaban J connectivity index is 1.66. The summed E-state index contributed by atoms with van der Waals surface area (Å²) in [5.74, 6) is -0.963. The second-order valence-corrected chi connectivity index (χ2v) is 6.25. The maximum atomic E-state index is 12.1. The molecule has 0 aliphatic carbocycles. The first-order chi connectivity index (χ1) is 12.0. The Morgan fingerprint density at radius 1 is 0.720 bits per heavy atom. The van der Waals surface area contributed by atoms with Crippen LogP contribution >= 0.6 is 0 Å². The van der Waals surface area contributed by atoms with Crippen LogP contribution in [0, 0.1) is 0 Å². The monoisotopic (exact) mass is 332 g/mol. The van der Waals surface area contributed by atoms with E-state index in [-0.39, 0.29) is 0 Å². The molecule has 3 rings (SSSR count). The average molecular weight is 332 g/mol. The van der Waals surface area contributed by atoms with E-state index in [1.165, 1.54) is 5.56 Å². The zero-order valence-corrected chi connectivity index (χ0v) is 14.2. The lowest BCUT2D eigenvalue weighted by Crippen LogP contribution is -2.29. The van der Waals surface area contributed by atoms with Crippen molar-refractivity contribution in [2.45, 2.75) is 19.8 Å². The van der Waals surface area contributed by atoms with Crippen LogP contribution in [0.3, 0.4) is 0 Å². The molecule has 0 radical (unpaired) electrons. The van der Waals surface area contributed by atoms with Crippen molar-refractivity contribution in [3.8, 4) is 0 Å². The molecule has 0 saturated heterocycles. The molecule has 0 aliphatic rings. The zero-order chi connectivity index (χ0) is 17.8. The van der Waals surface area contributed by atoms with Gasteiger partial charge in [0, 0.05) is 11.4 Å². The van der Waals surface area contributed by atoms with Crippen LogP contribution < -0.4 is 10.6 Å². The SMILES string of the molecule is CC(C)c1ccc(NC(=O)C(=O)Nc2ccc3ccccc3c2)cc1. The normalized spacial score (nSPS) is 10.7. The summed E-state index contributed by atoms with van der Waals surface area (Å²) in [4.78, 5) is 24.2. The van der Waals surface area contributed by atoms with E-state index >= 15 is 0 Å². The molecule has 0 heterocycles. The van der Waals surface area contributed by atoms with Crippen LogP contribution in [0.25, 0.3) is 10.8 Å². The number of carbonyl (C=O) groups excluding carboxylic acids is 2. The van der Waals surface area contributed by atoms with E-state index in [1.807, 2.05) is 48.5 Å². The number of rotatable bonds is 3. The minimum absolute atomic E-state index is 0.418. The fraction of sp³-hybridized carbons (Fsp3) is 0.143. The molecule has 0 spiro atoms. The standard InChI is InChI=1S/C21H20N2O2/c1-14(2)15-7-10-18(11-8-15)22-20(24)21(25)23-19-12-9-16-5-3-4-6-17(16)13-19/h3-14H,1-2H3,(H,22,24)(H,23,25). The van der Waals surface area contributed by atoms with Gasteiger partial charge in [-0.1, -0.05) is 56.3 Å². The van der Waals surface area contributed by atoms with E-state index in [0.29, 0.717) is 17.3 Å². The third-order valence-electron chi connectivity index (χ3n) is 4.05. The minimum Gasteiger partial charge on any atom is -0.318 e. The average Bonchev–Trinajstić information content (AvgIpc) is 2.62. The van der Waals surface area contributed by atoms with E-state index in [1.54, 1.807) is 18.2 Å². The Morgan fingerprint density at radius 3 is 1.92 bits per heavy atom. The van der Waals surface area contributed by atoms with Crippen LogP contribution in [0.4, 0.5) is 11.4 Å². The van der Waals surface area contributed by atoms with Gasteiger partial charge in [-0.3, -0.25) is 9.59 Å². The fourth-order valence-corrected chi connectivity index (χ4v) is 2.59. The third kappa shape index (κ3) is 4.04. The van der Waals surface area contributed by atoms with Crippen molar-refractivity contribution in [1.82, 2.24) is 0 Å². The molecule has 0 unspecified atom stereocenters. The summed E-state index contributed by atoms with van der Waals surface area (Å²) >= 11 is 0. The number of carbonyl (C=O) groups is 2. The quantitative estimate of drug-likeness (QED) is 0.692. The van der Waals surface area contributed by atoms with Gasteiger partial charge in [-0.2, -0.15) is 0 Å². The first-order valence-corrected chi connectivity index (χ1v) is 8.24. The molecule has 3 aromatic carbocycles. The highest BCUT2D eigenvalue weighted by Crippen LogP contribution is 2.19. The predicted molar refractivity (Wildman–Crippen MR) is 102 cm³/mol. The number of hydrogen-bond acceptors (Lipinski definition) is 2. The van der Waals surface area contributed by atoms with Crippen LogP contribution in [0.15, 0.2) is 66.7 Å². The fourth-order valence-electron chi connectivity index (χ4n) is 2.59. The summed E-state index contributed by atoms with van der Waals surface area (Å²) < 4.78 is 0. The topological polar surface area (TPSA) is 58.2 Å². The molecule has 2 amide bonds. The van der Waals surface area contributed by atoms with Crippen LogP contribution in [-0.4, -0.2) is 11.8 Å². The lowest BCUT2D eigenvalue weighted by molar-refractivity contribution is -0.132. The highest BCUT2D eigenvalue weighted by Gasteiger charge is 2.14. The van der Waals surface area contributed by atoms with Gasteiger partial charge in [0.2, 0.25) is 0 Å². The van der Waals surface area contributed by atoms with Gasteiger partial charge in [0.1, 0.15) is 0 Å². The van der Waals surface area contributed by atoms with Crippen molar-refractivity contribution in [2.75, 3.05) is 10.6 Å². The molecule has 25 heavy (non-hydrogen) atoms. The Labute approximate surface area is 146 Å². The first-order valence-electron chi connectivity index (χ1n) is 8.24. The molecule has 0 aliphatic heterocycles. The summed E-state index contributed by atoms with van der Waals surface area (Å²) in [6.45, 7) is 4.20. The molecule has 3 aromatic rings. The van der Waals surface area contributed by atoms with Gasteiger partial charge in [0.15, 0.2) is 0 Å². The van der Waals surface area contributed by atoms with Crippen LogP contribution in [0.1, 0.15) is 25.3 Å². The van der Waals surface area contributed by atoms with Crippen LogP contribution in [-0.2, 0) is 9.59 Å². The third-order valence-corrected chi connectivity index (χ3v) is 4.05. The van der Waals surface area contributed by atoms with Crippen LogP contribution in [0.5, 0.6) is 0 Å². The van der Waals surface area contributed by atoms with Gasteiger partial charge >= 0.3 is 11.8 Å². The molecular weight excluding hydrogens is 312 g/mol. The summed E-state index contributed by atoms with van der Waals surface area (Å²) in [5, 5.41) is 7.33. The zero-order valence-electron chi connectivity index (χ0n) is 14.2. The van der Waals surface area contributed by atoms with Gasteiger partial charge in [-0.15, -0.1) is 0 Å². The molecule has 126 valence electrons. The highest BCUT2D eigenvalue weighted by atomic mass is 16.2. The largest absolute Gasteiger partial charge is 0.318 e. The van der Waals surface area contributed by atoms with Gasteiger partial charge in [-0.25, -0.2) is 0 Å². The number of fused-ring (bicyclic) bond motifs is 1. The second kappa shape index (κ2) is 7.18. The first kappa shape index (κ1) is 16.7. The smallest absolute Gasteiger partial charge is 0.314 e. The van der Waals surface area contributed by atoms with Gasteiger partial charge in [0.25, 0.3) is 0 Å². The summed E-state index contributed by atoms with van der Waals surface area (Å²) in [6.07, 6.45) is 0. The molecule has 0 fully saturated rings. The van der Waals surface area contributed by atoms with Crippen molar-refractivity contribution in [3.63, 3.8) is 0 Å². The number of amides is 2. The Kier molecular flexibility index (Phi) is 4.80. The van der Waals surface area contributed by atoms with Gasteiger partial charge in [-0.05, 0) is 46.5 Å². The molecule has 2 N–H and O–H groups in total. The predicted octanol–water partition coefficient (Wildman–Crippen LogP) is 4.54. The maximum Gasteiger partial charge on any atom is 0.314 e. The van der Waals surface area contributed by atoms with E-state index in [9.17, 15) is 9.59 Å². The van der Waals surface area contributed by atoms with Gasteiger partial charge in [0.05, 0.1) is 0 Å². The Hall–Kier alpha value is -3.14. The van der Waals surface area contributed by atoms with Gasteiger partial charge < -0.3 is 10.6 Å². The number of nitrogens with one attached hydrogen (secondary N) is 2. The van der Waals surface area contributed by atoms with Crippen LogP contribution in [0.2, 0.25) is 0 Å². The summed E-state index contributed by atoms with van der Waals surface area (Å²) in [5.41, 5.74) is 2.37. The summed E-state index contributed by atoms with van der Waals surface area (Å²) in [6, 6.07) is 20.9. The Morgan fingerprint density at radius 2 is 1.28 bits per heavy atom. The number of anilines is 2. The van der Waals surface area contributed by atoms with E-state index < -0.39 is 11.8 Å². The number of benzene rings is 3. The van der Waals surface area contributed by atoms with Crippen molar-refractivity contribution in [1.29, 1.82) is 0 Å². The molecule has 0 aromatic heterocycles. The lowest BCUT2D eigenvalue weighted by atomic mass is 10.0. The summed E-state index contributed by atoms with van der Waals surface area (Å²) in [7, 11) is 0. The molecule has 4 nitrogen and oxygen atoms in total. The molecule has 4 heteroatoms. The van der Waals surface area contributed by atoms with E-state index in [2.05, 4.69) is 24.5 Å². The van der Waals surface area contributed by atoms with E-state index in [4.69, 9.17) is 0 Å². The maximum absolute atomic E-state index is 12.1. The number of hydrogen-bond donors (Lipinski definition) is 2. The highest BCUT2D eigenvalue weighted by molar-refractivity contribution is 6.43. The van der Waals surface area contributed by atoms with Crippen molar-refractivity contribution in [3.05, 3.63) is 72.3 Å². The Bertz CT molecular complexity index is 915. The second-order valence-electron chi connectivity index (χ2n) is 6.25. The van der Waals surface area contributed by atoms with Crippen molar-refractivity contribution >= 4 is 34.0 Å². The van der Waals surface area contributed by atoms with Crippen molar-refractivity contribution in [2.24, 2.45) is 0 Å². The molecule has 0 bridgehead atoms. The molecule has 0 saturated carbocycles. The molecule has 0 atom stereocenters. The molecular formula is C21H20N2O2. The lowest BCUT2D eigenvalue weighted by Gasteiger charge is -2.09. The van der Waals surface area contributed by atoms with Crippen molar-refractivity contribution < 1.29 is 9.59 Å². The minimum atomic E-state index is -0.691. The van der Waals surface area contributed by atoms with E-state index in [0.717, 1.165) is 10.8 Å².